The van der Waals surface area contributed by atoms with E-state index in [-0.39, 0.29) is 11.8 Å². The molecule has 0 aliphatic carbocycles. The van der Waals surface area contributed by atoms with Crippen LogP contribution in [0.15, 0.2) is 33.3 Å². The van der Waals surface area contributed by atoms with Crippen molar-refractivity contribution in [3.8, 4) is 5.75 Å². The average molecular weight is 406 g/mol. The van der Waals surface area contributed by atoms with Crippen molar-refractivity contribution in [2.45, 2.75) is 25.7 Å². The van der Waals surface area contributed by atoms with Crippen LogP contribution in [0.2, 0.25) is 0 Å². The van der Waals surface area contributed by atoms with Crippen molar-refractivity contribution in [1.82, 2.24) is 15.0 Å². The number of carbonyl (C=O) groups excluding carboxylic acids is 1. The molecule has 0 bridgehead atoms. The molecular formula is C18H20BrN3O3. The molecule has 2 heterocycles. The summed E-state index contributed by atoms with van der Waals surface area (Å²) in [5, 5.41) is 3.84. The van der Waals surface area contributed by atoms with Gasteiger partial charge in [0.2, 0.25) is 11.8 Å². The summed E-state index contributed by atoms with van der Waals surface area (Å²) in [5.74, 6) is 2.05. The molecular weight excluding hydrogens is 386 g/mol. The van der Waals surface area contributed by atoms with Crippen LogP contribution in [0.25, 0.3) is 6.08 Å². The third kappa shape index (κ3) is 4.28. The normalized spacial score (nSPS) is 17.9. The Hall–Kier alpha value is -2.15. The Morgan fingerprint density at radius 3 is 3.04 bits per heavy atom. The minimum atomic E-state index is -0.0250. The molecule has 6 nitrogen and oxygen atoms in total. The van der Waals surface area contributed by atoms with Gasteiger partial charge in [-0.05, 0) is 44.0 Å². The van der Waals surface area contributed by atoms with Crippen molar-refractivity contribution < 1.29 is 14.1 Å². The van der Waals surface area contributed by atoms with Crippen molar-refractivity contribution in [1.29, 1.82) is 0 Å². The second-order valence-corrected chi connectivity index (χ2v) is 6.94. The lowest BCUT2D eigenvalue weighted by molar-refractivity contribution is -0.127. The van der Waals surface area contributed by atoms with Crippen molar-refractivity contribution >= 4 is 27.9 Å². The molecule has 3 rings (SSSR count). The minimum absolute atomic E-state index is 0.0250. The smallest absolute Gasteiger partial charge is 0.246 e. The largest absolute Gasteiger partial charge is 0.496 e. The number of halogens is 1. The standard InChI is InChI=1S/C18H20BrN3O3/c1-12-20-18(25-21-12)14-4-3-9-22(11-14)17(23)8-5-13-10-15(19)6-7-16(13)24-2/h5-8,10,14H,3-4,9,11H2,1-2H3/b8-5+. The van der Waals surface area contributed by atoms with Crippen LogP contribution in [0, 0.1) is 6.92 Å². The van der Waals surface area contributed by atoms with Gasteiger partial charge in [-0.1, -0.05) is 21.1 Å². The number of methoxy groups -OCH3 is 1. The minimum Gasteiger partial charge on any atom is -0.496 e. The van der Waals surface area contributed by atoms with Crippen LogP contribution in [0.3, 0.4) is 0 Å². The number of benzene rings is 1. The van der Waals surface area contributed by atoms with Crippen molar-refractivity contribution in [3.05, 3.63) is 46.0 Å². The Kier molecular flexibility index (Phi) is 5.53. The molecule has 1 amide bonds. The molecule has 2 aromatic rings. The fourth-order valence-corrected chi connectivity index (χ4v) is 3.34. The molecule has 25 heavy (non-hydrogen) atoms. The van der Waals surface area contributed by atoms with E-state index < -0.39 is 0 Å². The maximum absolute atomic E-state index is 12.6. The molecule has 1 aliphatic heterocycles. The fraction of sp³-hybridized carbons (Fsp3) is 0.389. The van der Waals surface area contributed by atoms with Crippen LogP contribution >= 0.6 is 15.9 Å². The fourth-order valence-electron chi connectivity index (χ4n) is 2.96. The second-order valence-electron chi connectivity index (χ2n) is 6.02. The zero-order valence-electron chi connectivity index (χ0n) is 14.2. The SMILES string of the molecule is COc1ccc(Br)cc1/C=C/C(=O)N1CCCC(c2nc(C)no2)C1. The highest BCUT2D eigenvalue weighted by molar-refractivity contribution is 9.10. The molecule has 7 heteroatoms. The molecule has 1 unspecified atom stereocenters. The summed E-state index contributed by atoms with van der Waals surface area (Å²) >= 11 is 3.44. The summed E-state index contributed by atoms with van der Waals surface area (Å²) in [5.41, 5.74) is 0.853. The Labute approximate surface area is 155 Å². The van der Waals surface area contributed by atoms with Gasteiger partial charge in [0, 0.05) is 29.2 Å². The number of piperidine rings is 1. The highest BCUT2D eigenvalue weighted by Crippen LogP contribution is 2.27. The monoisotopic (exact) mass is 405 g/mol. The maximum Gasteiger partial charge on any atom is 0.246 e. The van der Waals surface area contributed by atoms with E-state index in [2.05, 4.69) is 26.1 Å². The van der Waals surface area contributed by atoms with Gasteiger partial charge >= 0.3 is 0 Å². The predicted octanol–water partition coefficient (Wildman–Crippen LogP) is 3.57. The van der Waals surface area contributed by atoms with Crippen LogP contribution in [0.1, 0.15) is 36.0 Å². The van der Waals surface area contributed by atoms with Crippen LogP contribution < -0.4 is 4.74 Å². The number of aromatic nitrogens is 2. The summed E-state index contributed by atoms with van der Waals surface area (Å²) < 4.78 is 11.5. The van der Waals surface area contributed by atoms with Gasteiger partial charge in [-0.25, -0.2) is 0 Å². The number of rotatable bonds is 4. The van der Waals surface area contributed by atoms with Crippen LogP contribution in [0.4, 0.5) is 0 Å². The number of aryl methyl sites for hydroxylation is 1. The average Bonchev–Trinajstić information content (AvgIpc) is 3.06. The summed E-state index contributed by atoms with van der Waals surface area (Å²) in [4.78, 5) is 18.7. The van der Waals surface area contributed by atoms with E-state index >= 15 is 0 Å². The molecule has 1 atom stereocenters. The second kappa shape index (κ2) is 7.82. The number of likely N-dealkylation sites (tertiary alicyclic amines) is 1. The van der Waals surface area contributed by atoms with Crippen LogP contribution in [-0.4, -0.2) is 41.1 Å². The quantitative estimate of drug-likeness (QED) is 0.727. The number of ether oxygens (including phenoxy) is 1. The molecule has 0 spiro atoms. The van der Waals surface area contributed by atoms with Crippen molar-refractivity contribution in [2.75, 3.05) is 20.2 Å². The number of hydrogen-bond acceptors (Lipinski definition) is 5. The zero-order valence-corrected chi connectivity index (χ0v) is 15.8. The molecule has 1 aromatic heterocycles. The lowest BCUT2D eigenvalue weighted by Crippen LogP contribution is -2.38. The number of hydrogen-bond donors (Lipinski definition) is 0. The molecule has 1 fully saturated rings. The molecule has 0 saturated carbocycles. The number of nitrogens with zero attached hydrogens (tertiary/aromatic N) is 3. The zero-order chi connectivity index (χ0) is 17.8. The topological polar surface area (TPSA) is 68.5 Å². The van der Waals surface area contributed by atoms with E-state index in [4.69, 9.17) is 9.26 Å². The van der Waals surface area contributed by atoms with Gasteiger partial charge in [0.05, 0.1) is 13.0 Å². The van der Waals surface area contributed by atoms with Gasteiger partial charge in [-0.3, -0.25) is 4.79 Å². The Morgan fingerprint density at radius 1 is 1.48 bits per heavy atom. The first-order chi connectivity index (χ1) is 12.1. The number of carbonyl (C=O) groups is 1. The van der Waals surface area contributed by atoms with Crippen molar-refractivity contribution in [2.24, 2.45) is 0 Å². The summed E-state index contributed by atoms with van der Waals surface area (Å²) in [6.07, 6.45) is 5.25. The third-order valence-electron chi connectivity index (χ3n) is 4.22. The maximum atomic E-state index is 12.6. The molecule has 0 N–H and O–H groups in total. The third-order valence-corrected chi connectivity index (χ3v) is 4.72. The van der Waals surface area contributed by atoms with E-state index in [0.717, 1.165) is 35.2 Å². The van der Waals surface area contributed by atoms with Gasteiger partial charge in [-0.15, -0.1) is 0 Å². The molecule has 0 radical (unpaired) electrons. The van der Waals surface area contributed by atoms with Gasteiger partial charge in [0.15, 0.2) is 5.82 Å². The van der Waals surface area contributed by atoms with E-state index in [9.17, 15) is 4.79 Å². The summed E-state index contributed by atoms with van der Waals surface area (Å²) in [6.45, 7) is 3.13. The van der Waals surface area contributed by atoms with Crippen molar-refractivity contribution in [3.63, 3.8) is 0 Å². The van der Waals surface area contributed by atoms with Crippen LogP contribution in [-0.2, 0) is 4.79 Å². The van der Waals surface area contributed by atoms with Crippen LogP contribution in [0.5, 0.6) is 5.75 Å². The molecule has 1 aliphatic rings. The highest BCUT2D eigenvalue weighted by Gasteiger charge is 2.27. The van der Waals surface area contributed by atoms with Gasteiger partial charge in [-0.2, -0.15) is 4.98 Å². The van der Waals surface area contributed by atoms with E-state index in [1.807, 2.05) is 23.1 Å². The highest BCUT2D eigenvalue weighted by atomic mass is 79.9. The van der Waals surface area contributed by atoms with Gasteiger partial charge < -0.3 is 14.2 Å². The Morgan fingerprint density at radius 2 is 2.32 bits per heavy atom. The lowest BCUT2D eigenvalue weighted by Gasteiger charge is -2.30. The molecule has 1 saturated heterocycles. The first-order valence-corrected chi connectivity index (χ1v) is 8.97. The summed E-state index contributed by atoms with van der Waals surface area (Å²) in [7, 11) is 1.62. The predicted molar refractivity (Wildman–Crippen MR) is 97.3 cm³/mol. The van der Waals surface area contributed by atoms with E-state index in [1.165, 1.54) is 0 Å². The Bertz CT molecular complexity index is 788. The van der Waals surface area contributed by atoms with E-state index in [0.29, 0.717) is 18.3 Å². The van der Waals surface area contributed by atoms with E-state index in [1.54, 1.807) is 26.2 Å². The van der Waals surface area contributed by atoms with Gasteiger partial charge in [0.25, 0.3) is 0 Å². The Balaban J connectivity index is 1.69. The molecule has 132 valence electrons. The first kappa shape index (κ1) is 17.7. The first-order valence-electron chi connectivity index (χ1n) is 8.17. The molecule has 1 aromatic carbocycles. The summed E-state index contributed by atoms with van der Waals surface area (Å²) in [6, 6.07) is 5.69. The van der Waals surface area contributed by atoms with Gasteiger partial charge in [0.1, 0.15) is 5.75 Å². The number of amides is 1. The lowest BCUT2D eigenvalue weighted by atomic mass is 9.98.